The number of nitrogens with one attached hydrogen (secondary N) is 1. The van der Waals surface area contributed by atoms with Crippen LogP contribution in [0.25, 0.3) is 11.3 Å². The number of hydrogen-bond donors (Lipinski definition) is 1. The lowest BCUT2D eigenvalue weighted by molar-refractivity contribution is -0.125. The standard InChI is InChI=1S/C23H27NO5/c1-14-5-4-6-19(15(14)2)24-22(26)13-28-23(27)21-12-11-20(29-21)18-9-7-17(8-10-18)16(3)25/h7-12,14-15,19H,4-6,13H2,1-3H3,(H,24,26)/t14-,15-,19-/m1/s1. The van der Waals surface area contributed by atoms with Crippen LogP contribution < -0.4 is 5.32 Å². The molecule has 3 rings (SSSR count). The third-order valence-corrected chi connectivity index (χ3v) is 5.77. The molecule has 29 heavy (non-hydrogen) atoms. The molecule has 1 N–H and O–H groups in total. The smallest absolute Gasteiger partial charge is 0.374 e. The van der Waals surface area contributed by atoms with E-state index in [1.165, 1.54) is 19.4 Å². The Morgan fingerprint density at radius 1 is 1.07 bits per heavy atom. The molecule has 2 aromatic rings. The molecule has 0 unspecified atom stereocenters. The van der Waals surface area contributed by atoms with E-state index in [1.807, 2.05) is 0 Å². The van der Waals surface area contributed by atoms with Gasteiger partial charge in [-0.15, -0.1) is 0 Å². The zero-order chi connectivity index (χ0) is 21.0. The van der Waals surface area contributed by atoms with Crippen molar-refractivity contribution in [3.8, 4) is 11.3 Å². The van der Waals surface area contributed by atoms with Gasteiger partial charge in [-0.3, -0.25) is 9.59 Å². The minimum Gasteiger partial charge on any atom is -0.450 e. The van der Waals surface area contributed by atoms with Gasteiger partial charge in [0, 0.05) is 17.2 Å². The van der Waals surface area contributed by atoms with Crippen LogP contribution in [-0.2, 0) is 9.53 Å². The molecule has 3 atom stereocenters. The average Bonchev–Trinajstić information content (AvgIpc) is 3.20. The quantitative estimate of drug-likeness (QED) is 0.582. The first-order valence-electron chi connectivity index (χ1n) is 10.0. The van der Waals surface area contributed by atoms with Gasteiger partial charge in [0.1, 0.15) is 5.76 Å². The van der Waals surface area contributed by atoms with E-state index in [2.05, 4.69) is 19.2 Å². The maximum atomic E-state index is 12.2. The Balaban J connectivity index is 1.53. The van der Waals surface area contributed by atoms with Crippen molar-refractivity contribution in [2.75, 3.05) is 6.61 Å². The summed E-state index contributed by atoms with van der Waals surface area (Å²) in [5.41, 5.74) is 1.35. The number of hydrogen-bond acceptors (Lipinski definition) is 5. The molecule has 0 spiro atoms. The highest BCUT2D eigenvalue weighted by Crippen LogP contribution is 2.29. The van der Waals surface area contributed by atoms with Crippen molar-refractivity contribution in [1.29, 1.82) is 0 Å². The maximum absolute atomic E-state index is 12.2. The van der Waals surface area contributed by atoms with Gasteiger partial charge in [0.25, 0.3) is 5.91 Å². The molecule has 6 heteroatoms. The predicted octanol–water partition coefficient (Wildman–Crippen LogP) is 4.25. The molecule has 6 nitrogen and oxygen atoms in total. The second-order valence-corrected chi connectivity index (χ2v) is 7.81. The van der Waals surface area contributed by atoms with Crippen molar-refractivity contribution in [3.05, 3.63) is 47.7 Å². The van der Waals surface area contributed by atoms with E-state index in [1.54, 1.807) is 30.3 Å². The summed E-state index contributed by atoms with van der Waals surface area (Å²) in [5.74, 6) is 0.501. The van der Waals surface area contributed by atoms with Crippen LogP contribution in [0.3, 0.4) is 0 Å². The van der Waals surface area contributed by atoms with E-state index in [-0.39, 0.29) is 30.1 Å². The van der Waals surface area contributed by atoms with Crippen molar-refractivity contribution in [3.63, 3.8) is 0 Å². The number of carbonyl (C=O) groups excluding carboxylic acids is 3. The molecule has 1 aromatic heterocycles. The van der Waals surface area contributed by atoms with Gasteiger partial charge in [-0.25, -0.2) is 4.79 Å². The summed E-state index contributed by atoms with van der Waals surface area (Å²) in [5, 5.41) is 2.98. The topological polar surface area (TPSA) is 85.6 Å². The summed E-state index contributed by atoms with van der Waals surface area (Å²) in [6.45, 7) is 5.51. The number of benzene rings is 1. The van der Waals surface area contributed by atoms with Crippen molar-refractivity contribution < 1.29 is 23.5 Å². The van der Waals surface area contributed by atoms with Crippen molar-refractivity contribution >= 4 is 17.7 Å². The predicted molar refractivity (Wildman–Crippen MR) is 109 cm³/mol. The molecule has 1 aromatic carbocycles. The molecule has 1 aliphatic carbocycles. The lowest BCUT2D eigenvalue weighted by Crippen LogP contribution is -2.45. The second-order valence-electron chi connectivity index (χ2n) is 7.81. The molecular formula is C23H27NO5. The fraction of sp³-hybridized carbons (Fsp3) is 0.435. The zero-order valence-corrected chi connectivity index (χ0v) is 17.1. The third-order valence-electron chi connectivity index (χ3n) is 5.77. The minimum atomic E-state index is -0.684. The minimum absolute atomic E-state index is 0.0179. The van der Waals surface area contributed by atoms with E-state index in [0.717, 1.165) is 18.4 Å². The van der Waals surface area contributed by atoms with E-state index < -0.39 is 5.97 Å². The average molecular weight is 397 g/mol. The van der Waals surface area contributed by atoms with Crippen LogP contribution in [0.4, 0.5) is 0 Å². The maximum Gasteiger partial charge on any atom is 0.374 e. The molecule has 1 fully saturated rings. The summed E-state index contributed by atoms with van der Waals surface area (Å²) in [4.78, 5) is 35.7. The molecule has 1 heterocycles. The lowest BCUT2D eigenvalue weighted by Gasteiger charge is -2.34. The van der Waals surface area contributed by atoms with Gasteiger partial charge in [-0.2, -0.15) is 0 Å². The van der Waals surface area contributed by atoms with Crippen molar-refractivity contribution in [2.24, 2.45) is 11.8 Å². The Morgan fingerprint density at radius 3 is 2.48 bits per heavy atom. The first-order chi connectivity index (χ1) is 13.8. The summed E-state index contributed by atoms with van der Waals surface area (Å²) in [7, 11) is 0. The fourth-order valence-electron chi connectivity index (χ4n) is 3.71. The van der Waals surface area contributed by atoms with Gasteiger partial charge in [-0.1, -0.05) is 51.0 Å². The van der Waals surface area contributed by atoms with Gasteiger partial charge in [0.05, 0.1) is 0 Å². The van der Waals surface area contributed by atoms with Crippen LogP contribution >= 0.6 is 0 Å². The second kappa shape index (κ2) is 9.07. The fourth-order valence-corrected chi connectivity index (χ4v) is 3.71. The number of amides is 1. The molecule has 154 valence electrons. The van der Waals surface area contributed by atoms with Crippen LogP contribution in [0.15, 0.2) is 40.8 Å². The summed E-state index contributed by atoms with van der Waals surface area (Å²) in [6.07, 6.45) is 3.23. The van der Waals surface area contributed by atoms with Crippen LogP contribution in [0.2, 0.25) is 0 Å². The molecular weight excluding hydrogens is 370 g/mol. The van der Waals surface area contributed by atoms with Gasteiger partial charge >= 0.3 is 5.97 Å². The molecule has 0 saturated heterocycles. The highest BCUT2D eigenvalue weighted by atomic mass is 16.5. The number of carbonyl (C=O) groups is 3. The monoisotopic (exact) mass is 397 g/mol. The Labute approximate surface area is 170 Å². The molecule has 0 bridgehead atoms. The van der Waals surface area contributed by atoms with E-state index in [4.69, 9.17) is 9.15 Å². The lowest BCUT2D eigenvalue weighted by atomic mass is 9.78. The Kier molecular flexibility index (Phi) is 6.52. The van der Waals surface area contributed by atoms with E-state index in [9.17, 15) is 14.4 Å². The van der Waals surface area contributed by atoms with Crippen LogP contribution in [-0.4, -0.2) is 30.3 Å². The Hall–Kier alpha value is -2.89. The molecule has 1 aliphatic rings. The van der Waals surface area contributed by atoms with E-state index >= 15 is 0 Å². The molecule has 1 amide bonds. The van der Waals surface area contributed by atoms with Gasteiger partial charge in [0.15, 0.2) is 12.4 Å². The molecule has 0 aliphatic heterocycles. The highest BCUT2D eigenvalue weighted by molar-refractivity contribution is 5.94. The van der Waals surface area contributed by atoms with Crippen LogP contribution in [0.1, 0.15) is 60.9 Å². The van der Waals surface area contributed by atoms with Gasteiger partial charge < -0.3 is 14.5 Å². The van der Waals surface area contributed by atoms with Crippen molar-refractivity contribution in [1.82, 2.24) is 5.32 Å². The number of ether oxygens (including phenoxy) is 1. The largest absolute Gasteiger partial charge is 0.450 e. The Morgan fingerprint density at radius 2 is 1.79 bits per heavy atom. The number of Topliss-reactive ketones (excluding diaryl/α,β-unsaturated/α-hetero) is 1. The SMILES string of the molecule is CC(=O)c1ccc(-c2ccc(C(=O)OCC(=O)N[C@@H]3CCC[C@@H](C)[C@H]3C)o2)cc1. The highest BCUT2D eigenvalue weighted by Gasteiger charge is 2.28. The van der Waals surface area contributed by atoms with E-state index in [0.29, 0.717) is 23.2 Å². The summed E-state index contributed by atoms with van der Waals surface area (Å²) >= 11 is 0. The van der Waals surface area contributed by atoms with Crippen LogP contribution in [0.5, 0.6) is 0 Å². The molecule has 0 radical (unpaired) electrons. The summed E-state index contributed by atoms with van der Waals surface area (Å²) in [6, 6.07) is 10.2. The van der Waals surface area contributed by atoms with Gasteiger partial charge in [-0.05, 0) is 37.3 Å². The van der Waals surface area contributed by atoms with Gasteiger partial charge in [0.2, 0.25) is 5.76 Å². The first-order valence-corrected chi connectivity index (χ1v) is 10.0. The number of esters is 1. The Bertz CT molecular complexity index is 883. The normalized spacial score (nSPS) is 21.4. The summed E-state index contributed by atoms with van der Waals surface area (Å²) < 4.78 is 10.7. The number of rotatable bonds is 6. The zero-order valence-electron chi connectivity index (χ0n) is 17.1. The first kappa shape index (κ1) is 20.8. The van der Waals surface area contributed by atoms with Crippen molar-refractivity contribution in [2.45, 2.75) is 46.1 Å². The number of ketones is 1. The van der Waals surface area contributed by atoms with Crippen LogP contribution in [0, 0.1) is 11.8 Å². The molecule has 1 saturated carbocycles. The third kappa shape index (κ3) is 5.13. The number of furan rings is 1.